The Kier molecular flexibility index (Phi) is 5.31. The van der Waals surface area contributed by atoms with Crippen LogP contribution in [0.1, 0.15) is 19.8 Å². The van der Waals surface area contributed by atoms with Gasteiger partial charge in [-0.05, 0) is 19.8 Å². The summed E-state index contributed by atoms with van der Waals surface area (Å²) in [7, 11) is 3.73. The topological polar surface area (TPSA) is 111 Å². The Morgan fingerprint density at radius 1 is 1.40 bits per heavy atom. The van der Waals surface area contributed by atoms with Crippen molar-refractivity contribution in [3.63, 3.8) is 0 Å². The van der Waals surface area contributed by atoms with Gasteiger partial charge in [0, 0.05) is 20.1 Å². The lowest BCUT2D eigenvalue weighted by atomic mass is 10.6. The van der Waals surface area contributed by atoms with Crippen LogP contribution in [0.5, 0.6) is 0 Å². The molecule has 1 saturated carbocycles. The lowest BCUT2D eigenvalue weighted by Gasteiger charge is -2.12. The van der Waals surface area contributed by atoms with Crippen molar-refractivity contribution in [2.24, 2.45) is 0 Å². The van der Waals surface area contributed by atoms with Gasteiger partial charge < -0.3 is 15.0 Å². The summed E-state index contributed by atoms with van der Waals surface area (Å²) in [6, 6.07) is 0.428. The molecule has 0 spiro atoms. The van der Waals surface area contributed by atoms with Gasteiger partial charge in [-0.3, -0.25) is 4.79 Å². The lowest BCUT2D eigenvalue weighted by Crippen LogP contribution is -2.18. The molecule has 0 unspecified atom stereocenters. The van der Waals surface area contributed by atoms with Crippen molar-refractivity contribution in [3.05, 3.63) is 6.33 Å². The van der Waals surface area contributed by atoms with Gasteiger partial charge in [-0.1, -0.05) is 11.8 Å². The molecule has 1 fully saturated rings. The number of esters is 1. The Labute approximate surface area is 149 Å². The maximum absolute atomic E-state index is 11.4. The van der Waals surface area contributed by atoms with Gasteiger partial charge in [0.15, 0.2) is 0 Å². The van der Waals surface area contributed by atoms with Gasteiger partial charge in [-0.25, -0.2) is 4.98 Å². The number of carbonyl (C=O) groups excluding carboxylic acids is 1. The SMILES string of the molecule is CCOC(=O)CSc1ncn(-c2nc(NC3CC3)nc(N(C)C)n2)n1. The Bertz CT molecular complexity index is 746. The highest BCUT2D eigenvalue weighted by Crippen LogP contribution is 2.24. The van der Waals surface area contributed by atoms with Crippen molar-refractivity contribution in [1.82, 2.24) is 29.7 Å². The Hall–Kier alpha value is -2.43. The van der Waals surface area contributed by atoms with E-state index in [0.717, 1.165) is 12.8 Å². The Morgan fingerprint density at radius 3 is 2.88 bits per heavy atom. The average Bonchev–Trinajstić information content (AvgIpc) is 3.26. The van der Waals surface area contributed by atoms with Crippen LogP contribution in [0.2, 0.25) is 0 Å². The molecule has 1 N–H and O–H groups in total. The van der Waals surface area contributed by atoms with Gasteiger partial charge in [0.1, 0.15) is 6.33 Å². The minimum absolute atomic E-state index is 0.159. The summed E-state index contributed by atoms with van der Waals surface area (Å²) >= 11 is 1.20. The summed E-state index contributed by atoms with van der Waals surface area (Å²) in [5.41, 5.74) is 0. The van der Waals surface area contributed by atoms with Crippen molar-refractivity contribution in [2.75, 3.05) is 36.7 Å². The fraction of sp³-hybridized carbons (Fsp3) is 0.571. The van der Waals surface area contributed by atoms with E-state index in [4.69, 9.17) is 4.74 Å². The molecule has 3 rings (SSSR count). The number of aromatic nitrogens is 6. The molecule has 134 valence electrons. The van der Waals surface area contributed by atoms with E-state index in [0.29, 0.717) is 35.7 Å². The summed E-state index contributed by atoms with van der Waals surface area (Å²) in [6.07, 6.45) is 3.76. The molecule has 1 aliphatic rings. The molecule has 0 aliphatic heterocycles. The fourth-order valence-electron chi connectivity index (χ4n) is 1.87. The second kappa shape index (κ2) is 7.64. The molecule has 0 radical (unpaired) electrons. The first-order chi connectivity index (χ1) is 12.0. The van der Waals surface area contributed by atoms with Gasteiger partial charge in [-0.15, -0.1) is 5.10 Å². The van der Waals surface area contributed by atoms with Crippen LogP contribution in [0.3, 0.4) is 0 Å². The van der Waals surface area contributed by atoms with E-state index in [1.165, 1.54) is 22.8 Å². The molecule has 0 amide bonds. The zero-order valence-corrected chi connectivity index (χ0v) is 15.2. The van der Waals surface area contributed by atoms with Gasteiger partial charge >= 0.3 is 5.97 Å². The highest BCUT2D eigenvalue weighted by Gasteiger charge is 2.23. The summed E-state index contributed by atoms with van der Waals surface area (Å²) in [5, 5.41) is 8.03. The minimum atomic E-state index is -0.296. The molecule has 2 aromatic rings. The average molecular weight is 364 g/mol. The molecule has 0 atom stereocenters. The second-order valence-electron chi connectivity index (χ2n) is 5.64. The highest BCUT2D eigenvalue weighted by atomic mass is 32.2. The molecule has 2 aromatic heterocycles. The van der Waals surface area contributed by atoms with E-state index < -0.39 is 0 Å². The van der Waals surface area contributed by atoms with Gasteiger partial charge in [0.25, 0.3) is 5.95 Å². The smallest absolute Gasteiger partial charge is 0.316 e. The third-order valence-corrected chi connectivity index (χ3v) is 4.05. The molecular weight excluding hydrogens is 344 g/mol. The maximum atomic E-state index is 11.4. The van der Waals surface area contributed by atoms with Gasteiger partial charge in [-0.2, -0.15) is 19.6 Å². The Morgan fingerprint density at radius 2 is 2.20 bits per heavy atom. The van der Waals surface area contributed by atoms with Crippen molar-refractivity contribution < 1.29 is 9.53 Å². The molecule has 2 heterocycles. The number of nitrogens with one attached hydrogen (secondary N) is 1. The second-order valence-corrected chi connectivity index (χ2v) is 6.58. The normalized spacial score (nSPS) is 13.6. The first kappa shape index (κ1) is 17.4. The van der Waals surface area contributed by atoms with Crippen LogP contribution in [-0.4, -0.2) is 68.2 Å². The van der Waals surface area contributed by atoms with Gasteiger partial charge in [0.05, 0.1) is 12.4 Å². The first-order valence-electron chi connectivity index (χ1n) is 7.95. The van der Waals surface area contributed by atoms with Crippen LogP contribution in [-0.2, 0) is 9.53 Å². The monoisotopic (exact) mass is 364 g/mol. The zero-order valence-electron chi connectivity index (χ0n) is 14.3. The zero-order chi connectivity index (χ0) is 17.8. The van der Waals surface area contributed by atoms with E-state index in [1.807, 2.05) is 14.1 Å². The standard InChI is InChI=1S/C14H20N8O2S/c1-4-24-10(23)7-25-14-15-8-22(20-14)13-18-11(16-9-5-6-9)17-12(19-13)21(2)3/h8-9H,4-7H2,1-3H3,(H,16,17,18,19). The molecule has 0 saturated heterocycles. The van der Waals surface area contributed by atoms with Crippen molar-refractivity contribution in [2.45, 2.75) is 31.0 Å². The van der Waals surface area contributed by atoms with Crippen molar-refractivity contribution >= 4 is 29.6 Å². The van der Waals surface area contributed by atoms with E-state index in [9.17, 15) is 4.79 Å². The van der Waals surface area contributed by atoms with Crippen LogP contribution in [0.25, 0.3) is 5.95 Å². The van der Waals surface area contributed by atoms with Crippen LogP contribution in [0.4, 0.5) is 11.9 Å². The minimum Gasteiger partial charge on any atom is -0.465 e. The number of hydrogen-bond donors (Lipinski definition) is 1. The summed E-state index contributed by atoms with van der Waals surface area (Å²) in [5.74, 6) is 1.29. The number of anilines is 2. The van der Waals surface area contributed by atoms with Crippen molar-refractivity contribution in [1.29, 1.82) is 0 Å². The molecule has 0 bridgehead atoms. The molecule has 1 aliphatic carbocycles. The number of nitrogens with zero attached hydrogens (tertiary/aromatic N) is 7. The number of carbonyl (C=O) groups is 1. The third-order valence-electron chi connectivity index (χ3n) is 3.22. The summed E-state index contributed by atoms with van der Waals surface area (Å²) < 4.78 is 6.36. The van der Waals surface area contributed by atoms with Gasteiger partial charge in [0.2, 0.25) is 17.1 Å². The van der Waals surface area contributed by atoms with Crippen molar-refractivity contribution in [3.8, 4) is 5.95 Å². The third kappa shape index (κ3) is 4.78. The Balaban J connectivity index is 1.76. The quantitative estimate of drug-likeness (QED) is 0.532. The van der Waals surface area contributed by atoms with E-state index in [1.54, 1.807) is 11.8 Å². The van der Waals surface area contributed by atoms with E-state index in [2.05, 4.69) is 30.4 Å². The molecular formula is C14H20N8O2S. The van der Waals surface area contributed by atoms with Crippen LogP contribution >= 0.6 is 11.8 Å². The number of thioether (sulfide) groups is 1. The number of ether oxygens (including phenoxy) is 1. The van der Waals surface area contributed by atoms with E-state index in [-0.39, 0.29) is 11.7 Å². The fourth-order valence-corrected chi connectivity index (χ4v) is 2.47. The molecule has 10 nitrogen and oxygen atoms in total. The lowest BCUT2D eigenvalue weighted by molar-refractivity contribution is -0.139. The molecule has 11 heteroatoms. The van der Waals surface area contributed by atoms with E-state index >= 15 is 0 Å². The van der Waals surface area contributed by atoms with Crippen LogP contribution in [0, 0.1) is 0 Å². The number of rotatable bonds is 8. The van der Waals surface area contributed by atoms with Crippen LogP contribution < -0.4 is 10.2 Å². The highest BCUT2D eigenvalue weighted by molar-refractivity contribution is 7.99. The summed E-state index contributed by atoms with van der Waals surface area (Å²) in [6.45, 7) is 2.13. The molecule has 0 aromatic carbocycles. The summed E-state index contributed by atoms with van der Waals surface area (Å²) in [4.78, 5) is 30.6. The largest absolute Gasteiger partial charge is 0.465 e. The predicted octanol–water partition coefficient (Wildman–Crippen LogP) is 0.748. The van der Waals surface area contributed by atoms with Crippen LogP contribution in [0.15, 0.2) is 11.5 Å². The first-order valence-corrected chi connectivity index (χ1v) is 8.94. The molecule has 25 heavy (non-hydrogen) atoms. The maximum Gasteiger partial charge on any atom is 0.316 e. The number of hydrogen-bond acceptors (Lipinski definition) is 10. The predicted molar refractivity (Wildman–Crippen MR) is 93.1 cm³/mol.